The summed E-state index contributed by atoms with van der Waals surface area (Å²) in [6.07, 6.45) is 6.16. The van der Waals surface area contributed by atoms with Crippen molar-refractivity contribution in [1.82, 2.24) is 0 Å². The number of hydrogen-bond donors (Lipinski definition) is 0. The molecule has 3 nitrogen and oxygen atoms in total. The Labute approximate surface area is 152 Å². The third kappa shape index (κ3) is 2.07. The molecule has 2 aliphatic rings. The van der Waals surface area contributed by atoms with Crippen LogP contribution in [-0.4, -0.2) is 12.9 Å². The lowest BCUT2D eigenvalue weighted by Gasteiger charge is -2.39. The number of hydrogen-bond acceptors (Lipinski definition) is 3. The minimum atomic E-state index is -0.947. The van der Waals surface area contributed by atoms with Crippen LogP contribution in [0, 0.1) is 0 Å². The van der Waals surface area contributed by atoms with Crippen molar-refractivity contribution in [2.75, 3.05) is 7.11 Å². The standard InChI is InChI=1S/C23H18O3/c1-15-14-19-18-8-4-3-6-16(18)10-11-20(19)25-23(15)13-12-17-7-5-9-21(24-2)22(17)26-23/h3-14H,1-2H3. The van der Waals surface area contributed by atoms with Crippen LogP contribution in [0.15, 0.2) is 66.2 Å². The number of ether oxygens (including phenoxy) is 3. The van der Waals surface area contributed by atoms with Crippen LogP contribution in [0.4, 0.5) is 0 Å². The minimum absolute atomic E-state index is 0.701. The first-order chi connectivity index (χ1) is 12.7. The topological polar surface area (TPSA) is 27.7 Å². The Kier molecular flexibility index (Phi) is 3.13. The van der Waals surface area contributed by atoms with Crippen LogP contribution in [0.1, 0.15) is 18.1 Å². The largest absolute Gasteiger partial charge is 0.493 e. The Balaban J connectivity index is 1.66. The van der Waals surface area contributed by atoms with Gasteiger partial charge in [0.05, 0.1) is 7.11 Å². The summed E-state index contributed by atoms with van der Waals surface area (Å²) >= 11 is 0. The molecule has 0 bridgehead atoms. The summed E-state index contributed by atoms with van der Waals surface area (Å²) < 4.78 is 18.2. The molecule has 3 heteroatoms. The van der Waals surface area contributed by atoms with Crippen molar-refractivity contribution in [3.05, 3.63) is 77.4 Å². The van der Waals surface area contributed by atoms with Crippen molar-refractivity contribution in [2.45, 2.75) is 12.7 Å². The smallest absolute Gasteiger partial charge is 0.294 e. The maximum absolute atomic E-state index is 6.40. The maximum atomic E-state index is 6.40. The van der Waals surface area contributed by atoms with Gasteiger partial charge in [-0.05, 0) is 42.0 Å². The Bertz CT molecular complexity index is 1090. The Morgan fingerprint density at radius 1 is 0.923 bits per heavy atom. The van der Waals surface area contributed by atoms with Crippen molar-refractivity contribution in [3.8, 4) is 17.2 Å². The van der Waals surface area contributed by atoms with Crippen LogP contribution < -0.4 is 14.2 Å². The zero-order valence-corrected chi connectivity index (χ0v) is 14.7. The predicted octanol–water partition coefficient (Wildman–Crippen LogP) is 5.45. The molecule has 0 radical (unpaired) electrons. The average molecular weight is 342 g/mol. The molecule has 1 unspecified atom stereocenters. The molecule has 0 aliphatic carbocycles. The van der Waals surface area contributed by atoms with Crippen LogP contribution in [0.25, 0.3) is 22.9 Å². The Morgan fingerprint density at radius 3 is 2.69 bits per heavy atom. The number of fused-ring (bicyclic) bond motifs is 4. The quantitative estimate of drug-likeness (QED) is 0.589. The maximum Gasteiger partial charge on any atom is 0.294 e. The van der Waals surface area contributed by atoms with E-state index >= 15 is 0 Å². The fourth-order valence-corrected chi connectivity index (χ4v) is 3.66. The predicted molar refractivity (Wildman–Crippen MR) is 104 cm³/mol. The molecular formula is C23H18O3. The highest BCUT2D eigenvalue weighted by molar-refractivity contribution is 5.94. The molecule has 0 saturated heterocycles. The van der Waals surface area contributed by atoms with Crippen LogP contribution in [0.3, 0.4) is 0 Å². The van der Waals surface area contributed by atoms with Gasteiger partial charge in [0.1, 0.15) is 5.75 Å². The van der Waals surface area contributed by atoms with Crippen molar-refractivity contribution >= 4 is 22.9 Å². The van der Waals surface area contributed by atoms with Crippen LogP contribution >= 0.6 is 0 Å². The first-order valence-electron chi connectivity index (χ1n) is 8.65. The number of para-hydroxylation sites is 1. The zero-order valence-electron chi connectivity index (χ0n) is 14.7. The molecule has 2 aliphatic heterocycles. The summed E-state index contributed by atoms with van der Waals surface area (Å²) in [7, 11) is 1.65. The normalized spacial score (nSPS) is 20.0. The van der Waals surface area contributed by atoms with E-state index in [0.29, 0.717) is 11.5 Å². The van der Waals surface area contributed by atoms with Gasteiger partial charge in [-0.25, -0.2) is 0 Å². The molecule has 2 heterocycles. The third-order valence-corrected chi connectivity index (χ3v) is 5.07. The average Bonchev–Trinajstić information content (AvgIpc) is 2.68. The van der Waals surface area contributed by atoms with E-state index in [9.17, 15) is 0 Å². The van der Waals surface area contributed by atoms with Gasteiger partial charge in [-0.1, -0.05) is 42.5 Å². The van der Waals surface area contributed by atoms with Crippen molar-refractivity contribution < 1.29 is 14.2 Å². The highest BCUT2D eigenvalue weighted by atomic mass is 16.7. The first kappa shape index (κ1) is 15.1. The summed E-state index contributed by atoms with van der Waals surface area (Å²) in [5.74, 6) is 1.27. The Hall–Kier alpha value is -3.20. The monoisotopic (exact) mass is 342 g/mol. The van der Waals surface area contributed by atoms with E-state index in [0.717, 1.165) is 22.4 Å². The second kappa shape index (κ2) is 5.40. The summed E-state index contributed by atoms with van der Waals surface area (Å²) in [5.41, 5.74) is 3.07. The number of benzene rings is 3. The van der Waals surface area contributed by atoms with Crippen LogP contribution in [0.5, 0.6) is 17.2 Å². The van der Waals surface area contributed by atoms with E-state index in [1.807, 2.05) is 55.5 Å². The molecule has 3 aromatic rings. The molecule has 5 rings (SSSR count). The van der Waals surface area contributed by atoms with Gasteiger partial charge in [0, 0.05) is 22.8 Å². The van der Waals surface area contributed by atoms with Gasteiger partial charge in [-0.3, -0.25) is 0 Å². The molecule has 1 atom stereocenters. The highest BCUT2D eigenvalue weighted by Gasteiger charge is 2.41. The van der Waals surface area contributed by atoms with E-state index in [1.165, 1.54) is 10.8 Å². The second-order valence-electron chi connectivity index (χ2n) is 6.61. The van der Waals surface area contributed by atoms with Gasteiger partial charge in [0.2, 0.25) is 0 Å². The van der Waals surface area contributed by atoms with E-state index in [1.54, 1.807) is 7.11 Å². The lowest BCUT2D eigenvalue weighted by molar-refractivity contribution is -0.0424. The summed E-state index contributed by atoms with van der Waals surface area (Å²) in [5, 5.41) is 2.37. The van der Waals surface area contributed by atoms with Gasteiger partial charge in [0.15, 0.2) is 11.5 Å². The lowest BCUT2D eigenvalue weighted by Crippen LogP contribution is -2.44. The molecule has 3 aromatic carbocycles. The van der Waals surface area contributed by atoms with E-state index in [-0.39, 0.29) is 0 Å². The fourth-order valence-electron chi connectivity index (χ4n) is 3.66. The molecule has 0 aromatic heterocycles. The second-order valence-corrected chi connectivity index (χ2v) is 6.61. The fraction of sp³-hybridized carbons (Fsp3) is 0.130. The Morgan fingerprint density at radius 2 is 1.81 bits per heavy atom. The molecule has 128 valence electrons. The van der Waals surface area contributed by atoms with E-state index in [2.05, 4.69) is 24.3 Å². The van der Waals surface area contributed by atoms with Crippen LogP contribution in [0.2, 0.25) is 0 Å². The van der Waals surface area contributed by atoms with Crippen molar-refractivity contribution in [3.63, 3.8) is 0 Å². The molecule has 0 saturated carbocycles. The molecule has 26 heavy (non-hydrogen) atoms. The SMILES string of the molecule is COc1cccc2c1OC1(C=C2)Oc2ccc3ccccc3c2C=C1C. The van der Waals surface area contributed by atoms with Crippen molar-refractivity contribution in [1.29, 1.82) is 0 Å². The lowest BCUT2D eigenvalue weighted by atomic mass is 9.93. The molecule has 0 fully saturated rings. The summed E-state index contributed by atoms with van der Waals surface area (Å²) in [6, 6.07) is 18.3. The highest BCUT2D eigenvalue weighted by Crippen LogP contribution is 2.46. The van der Waals surface area contributed by atoms with Crippen LogP contribution in [-0.2, 0) is 0 Å². The summed E-state index contributed by atoms with van der Waals surface area (Å²) in [4.78, 5) is 0. The van der Waals surface area contributed by atoms with Gasteiger partial charge < -0.3 is 14.2 Å². The summed E-state index contributed by atoms with van der Waals surface area (Å²) in [6.45, 7) is 2.04. The van der Waals surface area contributed by atoms with E-state index < -0.39 is 5.79 Å². The van der Waals surface area contributed by atoms with Gasteiger partial charge in [-0.2, -0.15) is 0 Å². The van der Waals surface area contributed by atoms with Gasteiger partial charge >= 0.3 is 0 Å². The molecule has 0 amide bonds. The zero-order chi connectivity index (χ0) is 17.7. The van der Waals surface area contributed by atoms with Gasteiger partial charge in [-0.15, -0.1) is 0 Å². The number of methoxy groups -OCH3 is 1. The molecule has 1 spiro atoms. The third-order valence-electron chi connectivity index (χ3n) is 5.07. The number of rotatable bonds is 1. The molecule has 0 N–H and O–H groups in total. The van der Waals surface area contributed by atoms with Gasteiger partial charge in [0.25, 0.3) is 5.79 Å². The van der Waals surface area contributed by atoms with E-state index in [4.69, 9.17) is 14.2 Å². The first-order valence-corrected chi connectivity index (χ1v) is 8.65. The molecular weight excluding hydrogens is 324 g/mol. The minimum Gasteiger partial charge on any atom is -0.493 e. The van der Waals surface area contributed by atoms with Crippen molar-refractivity contribution in [2.24, 2.45) is 0 Å².